The number of nitro benzene ring substituents is 1. The number of nitro groups is 1. The predicted molar refractivity (Wildman–Crippen MR) is 96.1 cm³/mol. The first-order valence-electron chi connectivity index (χ1n) is 7.48. The topological polar surface area (TPSA) is 73.3 Å². The molecule has 0 spiro atoms. The van der Waals surface area contributed by atoms with Gasteiger partial charge in [0.25, 0.3) is 5.69 Å². The normalized spacial score (nSPS) is 10.9. The highest BCUT2D eigenvalue weighted by Crippen LogP contribution is 2.33. The van der Waals surface area contributed by atoms with E-state index in [0.29, 0.717) is 27.2 Å². The van der Waals surface area contributed by atoms with Crippen LogP contribution in [0.4, 0.5) is 5.69 Å². The molecule has 4 aromatic rings. The third-order valence-electron chi connectivity index (χ3n) is 3.93. The van der Waals surface area contributed by atoms with Gasteiger partial charge in [-0.3, -0.25) is 14.9 Å². The summed E-state index contributed by atoms with van der Waals surface area (Å²) in [6.07, 6.45) is 1.55. The molecular formula is C19H11NO4S. The van der Waals surface area contributed by atoms with Gasteiger partial charge in [-0.1, -0.05) is 18.2 Å². The van der Waals surface area contributed by atoms with Crippen molar-refractivity contribution in [1.29, 1.82) is 0 Å². The Labute approximate surface area is 146 Å². The molecule has 5 nitrogen and oxygen atoms in total. The van der Waals surface area contributed by atoms with E-state index >= 15 is 0 Å². The van der Waals surface area contributed by atoms with E-state index in [1.807, 2.05) is 11.4 Å². The van der Waals surface area contributed by atoms with Gasteiger partial charge in [-0.15, -0.1) is 11.3 Å². The first-order valence-corrected chi connectivity index (χ1v) is 8.36. The number of benzene rings is 2. The van der Waals surface area contributed by atoms with Crippen LogP contribution in [0.25, 0.3) is 22.1 Å². The van der Waals surface area contributed by atoms with E-state index in [-0.39, 0.29) is 11.5 Å². The van der Waals surface area contributed by atoms with Crippen molar-refractivity contribution in [3.8, 4) is 11.1 Å². The molecule has 0 N–H and O–H groups in total. The van der Waals surface area contributed by atoms with Crippen molar-refractivity contribution >= 4 is 33.8 Å². The van der Waals surface area contributed by atoms with Gasteiger partial charge in [-0.25, -0.2) is 0 Å². The van der Waals surface area contributed by atoms with E-state index < -0.39 is 4.92 Å². The molecule has 0 aliphatic rings. The second-order valence-electron chi connectivity index (χ2n) is 5.48. The largest absolute Gasteiger partial charge is 0.464 e. The summed E-state index contributed by atoms with van der Waals surface area (Å²) in [6, 6.07) is 15.2. The molecule has 2 aromatic heterocycles. The minimum atomic E-state index is -0.441. The SMILES string of the molecule is O=C(c1cc(-c2cccc([N+](=O)[O-])c2)c2occc2c1)c1cccs1. The van der Waals surface area contributed by atoms with Gasteiger partial charge in [-0.05, 0) is 35.2 Å². The summed E-state index contributed by atoms with van der Waals surface area (Å²) in [5.41, 5.74) is 2.41. The van der Waals surface area contributed by atoms with Gasteiger partial charge < -0.3 is 4.42 Å². The molecule has 25 heavy (non-hydrogen) atoms. The van der Waals surface area contributed by atoms with Crippen molar-refractivity contribution in [2.45, 2.75) is 0 Å². The van der Waals surface area contributed by atoms with Crippen LogP contribution >= 0.6 is 11.3 Å². The lowest BCUT2D eigenvalue weighted by Crippen LogP contribution is -1.99. The standard InChI is InChI=1S/C19H11NO4S/c21-18(17-5-2-8-25-17)14-9-13-6-7-24-19(13)16(11-14)12-3-1-4-15(10-12)20(22)23/h1-11H. The number of carbonyl (C=O) groups excluding carboxylic acids is 1. The molecule has 4 rings (SSSR count). The number of rotatable bonds is 4. The van der Waals surface area contributed by atoms with Crippen LogP contribution in [-0.2, 0) is 0 Å². The number of non-ortho nitro benzene ring substituents is 1. The average molecular weight is 349 g/mol. The Bertz CT molecular complexity index is 1100. The van der Waals surface area contributed by atoms with Crippen LogP contribution in [-0.4, -0.2) is 10.7 Å². The van der Waals surface area contributed by atoms with Gasteiger partial charge in [0.05, 0.1) is 16.1 Å². The maximum Gasteiger partial charge on any atom is 0.270 e. The Morgan fingerprint density at radius 1 is 1.08 bits per heavy atom. The second kappa shape index (κ2) is 5.99. The summed E-state index contributed by atoms with van der Waals surface area (Å²) in [7, 11) is 0. The molecule has 0 aliphatic heterocycles. The van der Waals surface area contributed by atoms with Gasteiger partial charge in [0.15, 0.2) is 0 Å². The van der Waals surface area contributed by atoms with Gasteiger partial charge in [-0.2, -0.15) is 0 Å². The fourth-order valence-electron chi connectivity index (χ4n) is 2.76. The Morgan fingerprint density at radius 3 is 2.72 bits per heavy atom. The zero-order valence-corrected chi connectivity index (χ0v) is 13.7. The first-order chi connectivity index (χ1) is 12.1. The molecule has 0 atom stereocenters. The van der Waals surface area contributed by atoms with Crippen LogP contribution in [0, 0.1) is 10.1 Å². The molecule has 0 aliphatic carbocycles. The highest BCUT2D eigenvalue weighted by molar-refractivity contribution is 7.12. The Kier molecular flexibility index (Phi) is 3.66. The summed E-state index contributed by atoms with van der Waals surface area (Å²) < 4.78 is 5.55. The van der Waals surface area contributed by atoms with Crippen molar-refractivity contribution < 1.29 is 14.1 Å². The van der Waals surface area contributed by atoms with E-state index in [1.54, 1.807) is 42.7 Å². The molecule has 0 bridgehead atoms. The maximum absolute atomic E-state index is 12.7. The number of carbonyl (C=O) groups is 1. The quantitative estimate of drug-likeness (QED) is 0.285. The highest BCUT2D eigenvalue weighted by atomic mass is 32.1. The molecule has 122 valence electrons. The van der Waals surface area contributed by atoms with E-state index in [9.17, 15) is 14.9 Å². The molecule has 0 unspecified atom stereocenters. The molecular weight excluding hydrogens is 338 g/mol. The number of thiophene rings is 1. The number of fused-ring (bicyclic) bond motifs is 1. The molecule has 6 heteroatoms. The molecule has 0 saturated heterocycles. The van der Waals surface area contributed by atoms with E-state index in [4.69, 9.17) is 4.42 Å². The van der Waals surface area contributed by atoms with Gasteiger partial charge in [0.2, 0.25) is 5.78 Å². The van der Waals surface area contributed by atoms with Crippen LogP contribution in [0.15, 0.2) is 70.7 Å². The van der Waals surface area contributed by atoms with E-state index in [2.05, 4.69) is 0 Å². The lowest BCUT2D eigenvalue weighted by Gasteiger charge is -2.06. The number of furan rings is 1. The second-order valence-corrected chi connectivity index (χ2v) is 6.42. The molecule has 0 fully saturated rings. The number of hydrogen-bond acceptors (Lipinski definition) is 5. The molecule has 0 amide bonds. The predicted octanol–water partition coefficient (Wildman–Crippen LogP) is 5.30. The molecule has 0 radical (unpaired) electrons. The molecule has 2 heterocycles. The van der Waals surface area contributed by atoms with Crippen LogP contribution in [0.1, 0.15) is 15.2 Å². The summed E-state index contributed by atoms with van der Waals surface area (Å²) in [5.74, 6) is -0.0789. The van der Waals surface area contributed by atoms with Crippen molar-refractivity contribution in [2.24, 2.45) is 0 Å². The average Bonchev–Trinajstić information content (AvgIpc) is 3.31. The fourth-order valence-corrected chi connectivity index (χ4v) is 3.45. The summed E-state index contributed by atoms with van der Waals surface area (Å²) in [5, 5.41) is 13.7. The lowest BCUT2D eigenvalue weighted by atomic mass is 9.98. The summed E-state index contributed by atoms with van der Waals surface area (Å²) in [4.78, 5) is 24.0. The molecule has 0 saturated carbocycles. The van der Waals surface area contributed by atoms with E-state index in [1.165, 1.54) is 23.5 Å². The fraction of sp³-hybridized carbons (Fsp3) is 0. The monoisotopic (exact) mass is 349 g/mol. The van der Waals surface area contributed by atoms with Crippen LogP contribution in [0.3, 0.4) is 0 Å². The minimum absolute atomic E-state index is 0.00723. The van der Waals surface area contributed by atoms with Crippen molar-refractivity contribution in [2.75, 3.05) is 0 Å². The van der Waals surface area contributed by atoms with E-state index in [0.717, 1.165) is 5.39 Å². The third-order valence-corrected chi connectivity index (χ3v) is 4.79. The van der Waals surface area contributed by atoms with Crippen LogP contribution in [0.2, 0.25) is 0 Å². The van der Waals surface area contributed by atoms with Crippen LogP contribution < -0.4 is 0 Å². The highest BCUT2D eigenvalue weighted by Gasteiger charge is 2.17. The smallest absolute Gasteiger partial charge is 0.270 e. The van der Waals surface area contributed by atoms with Crippen molar-refractivity contribution in [1.82, 2.24) is 0 Å². The summed E-state index contributed by atoms with van der Waals surface area (Å²) >= 11 is 1.38. The third kappa shape index (κ3) is 2.72. The lowest BCUT2D eigenvalue weighted by molar-refractivity contribution is -0.384. The van der Waals surface area contributed by atoms with Gasteiger partial charge in [0.1, 0.15) is 5.58 Å². The zero-order valence-electron chi connectivity index (χ0n) is 12.8. The van der Waals surface area contributed by atoms with Crippen LogP contribution in [0.5, 0.6) is 0 Å². The summed E-state index contributed by atoms with van der Waals surface area (Å²) in [6.45, 7) is 0. The van der Waals surface area contributed by atoms with Gasteiger partial charge >= 0.3 is 0 Å². The maximum atomic E-state index is 12.7. The van der Waals surface area contributed by atoms with Gasteiger partial charge in [0, 0.05) is 28.6 Å². The Morgan fingerprint density at radius 2 is 1.96 bits per heavy atom. The minimum Gasteiger partial charge on any atom is -0.464 e. The number of ketones is 1. The Balaban J connectivity index is 1.91. The van der Waals surface area contributed by atoms with Crippen molar-refractivity contribution in [3.63, 3.8) is 0 Å². The van der Waals surface area contributed by atoms with Crippen molar-refractivity contribution in [3.05, 3.63) is 86.8 Å². The Hall–Kier alpha value is -3.25. The molecule has 2 aromatic carbocycles. The first kappa shape index (κ1) is 15.3. The zero-order chi connectivity index (χ0) is 17.4. The number of nitrogens with zero attached hydrogens (tertiary/aromatic N) is 1. The number of hydrogen-bond donors (Lipinski definition) is 0.